The van der Waals surface area contributed by atoms with Gasteiger partial charge in [-0.3, -0.25) is 9.69 Å². The number of hydrogen-bond acceptors (Lipinski definition) is 3. The lowest BCUT2D eigenvalue weighted by atomic mass is 9.88. The predicted octanol–water partition coefficient (Wildman–Crippen LogP) is 4.35. The monoisotopic (exact) mass is 389 g/mol. The summed E-state index contributed by atoms with van der Waals surface area (Å²) in [6.07, 6.45) is 2.22. The van der Waals surface area contributed by atoms with Crippen molar-refractivity contribution in [2.24, 2.45) is 0 Å². The summed E-state index contributed by atoms with van der Waals surface area (Å²) in [7, 11) is 0. The fourth-order valence-electron chi connectivity index (χ4n) is 4.66. The molecule has 0 aromatic heterocycles. The van der Waals surface area contributed by atoms with Crippen LogP contribution >= 0.6 is 0 Å². The molecule has 2 aromatic rings. The number of rotatable bonds is 3. The van der Waals surface area contributed by atoms with Gasteiger partial charge in [0.15, 0.2) is 0 Å². The Morgan fingerprint density at radius 1 is 0.966 bits per heavy atom. The average molecular weight is 390 g/mol. The minimum absolute atomic E-state index is 0.179. The lowest BCUT2D eigenvalue weighted by Crippen LogP contribution is -2.55. The van der Waals surface area contributed by atoms with E-state index in [-0.39, 0.29) is 11.4 Å². The molecule has 4 heteroatoms. The zero-order chi connectivity index (χ0) is 20.6. The van der Waals surface area contributed by atoms with E-state index in [0.29, 0.717) is 6.54 Å². The van der Waals surface area contributed by atoms with Crippen LogP contribution in [-0.4, -0.2) is 49.1 Å². The molecule has 0 saturated carbocycles. The van der Waals surface area contributed by atoms with Crippen molar-refractivity contribution in [3.05, 3.63) is 65.7 Å². The van der Waals surface area contributed by atoms with Gasteiger partial charge in [-0.2, -0.15) is 0 Å². The Balaban J connectivity index is 1.48. The Kier molecular flexibility index (Phi) is 5.22. The van der Waals surface area contributed by atoms with Crippen LogP contribution in [0.3, 0.4) is 0 Å². The molecular weight excluding hydrogens is 358 g/mol. The van der Waals surface area contributed by atoms with Gasteiger partial charge < -0.3 is 9.80 Å². The van der Waals surface area contributed by atoms with E-state index < -0.39 is 0 Å². The molecule has 1 amide bonds. The van der Waals surface area contributed by atoms with Crippen LogP contribution in [0.1, 0.15) is 31.9 Å². The summed E-state index contributed by atoms with van der Waals surface area (Å²) in [5.41, 5.74) is 5.57. The summed E-state index contributed by atoms with van der Waals surface area (Å²) < 4.78 is 0. The molecule has 0 spiro atoms. The highest BCUT2D eigenvalue weighted by atomic mass is 16.2. The topological polar surface area (TPSA) is 26.8 Å². The van der Waals surface area contributed by atoms with Crippen LogP contribution in [-0.2, 0) is 4.79 Å². The number of carbonyl (C=O) groups is 1. The maximum absolute atomic E-state index is 13.5. The van der Waals surface area contributed by atoms with E-state index in [2.05, 4.69) is 92.1 Å². The van der Waals surface area contributed by atoms with E-state index in [1.165, 1.54) is 16.8 Å². The number of para-hydroxylation sites is 1. The Hall–Kier alpha value is -2.59. The second-order valence-electron chi connectivity index (χ2n) is 8.83. The van der Waals surface area contributed by atoms with Crippen molar-refractivity contribution in [1.29, 1.82) is 0 Å². The molecule has 1 saturated heterocycles. The molecule has 0 N–H and O–H groups in total. The van der Waals surface area contributed by atoms with Gasteiger partial charge in [0.2, 0.25) is 5.91 Å². The number of benzene rings is 2. The predicted molar refractivity (Wildman–Crippen MR) is 121 cm³/mol. The molecule has 0 radical (unpaired) electrons. The maximum Gasteiger partial charge on any atom is 0.241 e. The molecule has 2 aromatic carbocycles. The van der Waals surface area contributed by atoms with E-state index in [1.807, 2.05) is 4.90 Å². The number of aryl methyl sites for hydroxylation is 1. The molecule has 4 nitrogen and oxygen atoms in total. The van der Waals surface area contributed by atoms with Crippen LogP contribution in [0.25, 0.3) is 5.57 Å². The molecule has 0 atom stereocenters. The van der Waals surface area contributed by atoms with Crippen molar-refractivity contribution < 1.29 is 4.79 Å². The summed E-state index contributed by atoms with van der Waals surface area (Å²) >= 11 is 0. The molecule has 0 bridgehead atoms. The molecular formula is C25H31N3O. The summed E-state index contributed by atoms with van der Waals surface area (Å²) in [5.74, 6) is 0.179. The highest BCUT2D eigenvalue weighted by molar-refractivity contribution is 6.01. The zero-order valence-electron chi connectivity index (χ0n) is 18.0. The largest absolute Gasteiger partial charge is 0.369 e. The Morgan fingerprint density at radius 2 is 1.66 bits per heavy atom. The first kappa shape index (κ1) is 19.7. The van der Waals surface area contributed by atoms with Crippen molar-refractivity contribution in [3.63, 3.8) is 0 Å². The van der Waals surface area contributed by atoms with Gasteiger partial charge in [0.05, 0.1) is 17.8 Å². The summed E-state index contributed by atoms with van der Waals surface area (Å²) in [5, 5.41) is 0. The van der Waals surface area contributed by atoms with Gasteiger partial charge in [0.25, 0.3) is 0 Å². The number of anilines is 2. The van der Waals surface area contributed by atoms with Gasteiger partial charge in [-0.05, 0) is 57.0 Å². The first-order valence-electron chi connectivity index (χ1n) is 10.5. The van der Waals surface area contributed by atoms with Gasteiger partial charge >= 0.3 is 0 Å². The summed E-state index contributed by atoms with van der Waals surface area (Å²) in [4.78, 5) is 20.2. The van der Waals surface area contributed by atoms with Crippen molar-refractivity contribution in [2.45, 2.75) is 33.2 Å². The number of nitrogens with zero attached hydrogens (tertiary/aromatic N) is 3. The highest BCUT2D eigenvalue weighted by Crippen LogP contribution is 2.39. The second-order valence-corrected chi connectivity index (χ2v) is 8.83. The summed E-state index contributed by atoms with van der Waals surface area (Å²) in [6, 6.07) is 16.9. The number of hydrogen-bond donors (Lipinski definition) is 0. The highest BCUT2D eigenvalue weighted by Gasteiger charge is 2.36. The van der Waals surface area contributed by atoms with Crippen LogP contribution in [0.5, 0.6) is 0 Å². The third-order valence-corrected chi connectivity index (χ3v) is 6.07. The Labute approximate surface area is 174 Å². The molecule has 29 heavy (non-hydrogen) atoms. The van der Waals surface area contributed by atoms with Crippen molar-refractivity contribution in [1.82, 2.24) is 4.90 Å². The molecule has 1 fully saturated rings. The Morgan fingerprint density at radius 3 is 2.34 bits per heavy atom. The SMILES string of the molecule is CC1=CC(C)(C)N(C(=O)CN2CCN(c3ccccc3)CC2)c2cc(C)ccc21. The third kappa shape index (κ3) is 3.95. The van der Waals surface area contributed by atoms with E-state index in [9.17, 15) is 4.79 Å². The maximum atomic E-state index is 13.5. The quantitative estimate of drug-likeness (QED) is 0.781. The fourth-order valence-corrected chi connectivity index (χ4v) is 4.66. The van der Waals surface area contributed by atoms with Gasteiger partial charge in [-0.15, -0.1) is 0 Å². The number of amides is 1. The molecule has 2 heterocycles. The van der Waals surface area contributed by atoms with E-state index in [4.69, 9.17) is 0 Å². The van der Waals surface area contributed by atoms with Gasteiger partial charge in [-0.25, -0.2) is 0 Å². The fraction of sp³-hybridized carbons (Fsp3) is 0.400. The van der Waals surface area contributed by atoms with Crippen molar-refractivity contribution in [3.8, 4) is 0 Å². The molecule has 0 unspecified atom stereocenters. The van der Waals surface area contributed by atoms with Crippen molar-refractivity contribution in [2.75, 3.05) is 42.5 Å². The van der Waals surface area contributed by atoms with Crippen molar-refractivity contribution >= 4 is 22.9 Å². The smallest absolute Gasteiger partial charge is 0.241 e. The van der Waals surface area contributed by atoms with Crippen LogP contribution in [0, 0.1) is 6.92 Å². The number of carbonyl (C=O) groups excluding carboxylic acids is 1. The normalized spacial score (nSPS) is 19.0. The molecule has 4 rings (SSSR count). The van der Waals surface area contributed by atoms with E-state index >= 15 is 0 Å². The first-order chi connectivity index (χ1) is 13.8. The lowest BCUT2D eigenvalue weighted by molar-refractivity contribution is -0.120. The Bertz CT molecular complexity index is 924. The lowest BCUT2D eigenvalue weighted by Gasteiger charge is -2.43. The number of allylic oxidation sites excluding steroid dienone is 1. The number of fused-ring (bicyclic) bond motifs is 1. The van der Waals surface area contributed by atoms with Gasteiger partial charge in [-0.1, -0.05) is 36.4 Å². The van der Waals surface area contributed by atoms with Gasteiger partial charge in [0, 0.05) is 37.4 Å². The zero-order valence-corrected chi connectivity index (χ0v) is 18.0. The first-order valence-corrected chi connectivity index (χ1v) is 10.5. The molecule has 0 aliphatic carbocycles. The van der Waals surface area contributed by atoms with E-state index in [1.54, 1.807) is 0 Å². The molecule has 152 valence electrons. The van der Waals surface area contributed by atoms with Gasteiger partial charge in [0.1, 0.15) is 0 Å². The molecule has 2 aliphatic rings. The minimum atomic E-state index is -0.326. The third-order valence-electron chi connectivity index (χ3n) is 6.07. The average Bonchev–Trinajstić information content (AvgIpc) is 2.68. The minimum Gasteiger partial charge on any atom is -0.369 e. The van der Waals surface area contributed by atoms with Crippen LogP contribution in [0.2, 0.25) is 0 Å². The second kappa shape index (κ2) is 7.68. The van der Waals surface area contributed by atoms with E-state index in [0.717, 1.165) is 37.4 Å². The van der Waals surface area contributed by atoms with Crippen LogP contribution in [0.15, 0.2) is 54.6 Å². The summed E-state index contributed by atoms with van der Waals surface area (Å²) in [6.45, 7) is 12.7. The van der Waals surface area contributed by atoms with Crippen LogP contribution < -0.4 is 9.80 Å². The number of piperazine rings is 1. The molecule has 2 aliphatic heterocycles. The standard InChI is InChI=1S/C25H31N3O/c1-19-10-11-22-20(2)17-25(3,4)28(23(22)16-19)24(29)18-26-12-14-27(15-13-26)21-8-6-5-7-9-21/h5-11,16-17H,12-15,18H2,1-4H3. The van der Waals surface area contributed by atoms with Crippen LogP contribution in [0.4, 0.5) is 11.4 Å².